The van der Waals surface area contributed by atoms with Gasteiger partial charge in [-0.25, -0.2) is 8.78 Å². The third-order valence-electron chi connectivity index (χ3n) is 6.16. The number of ether oxygens (including phenoxy) is 4. The van der Waals surface area contributed by atoms with Gasteiger partial charge in [-0.05, 0) is 37.1 Å². The Bertz CT molecular complexity index is 1150. The van der Waals surface area contributed by atoms with E-state index < -0.39 is 84.6 Å². The van der Waals surface area contributed by atoms with Crippen LogP contribution in [-0.4, -0.2) is 118 Å². The second-order valence-corrected chi connectivity index (χ2v) is 10.1. The summed E-state index contributed by atoms with van der Waals surface area (Å²) >= 11 is 0. The van der Waals surface area contributed by atoms with Crippen molar-refractivity contribution in [2.45, 2.75) is 51.5 Å². The first-order valence-electron chi connectivity index (χ1n) is 14.4. The Balaban J connectivity index is 2.94. The predicted octanol–water partition coefficient (Wildman–Crippen LogP) is -0.844. The van der Waals surface area contributed by atoms with Crippen LogP contribution in [0.25, 0.3) is 0 Å². The fourth-order valence-electron chi connectivity index (χ4n) is 3.62. The number of carbonyl (C=O) groups is 6. The molecule has 0 aliphatic heterocycles. The molecule has 0 heterocycles. The highest BCUT2D eigenvalue weighted by molar-refractivity contribution is 5.99. The number of esters is 1. The molecule has 0 fully saturated rings. The number of hydrogen-bond donors (Lipinski definition) is 5. The molecule has 0 aliphatic rings. The van der Waals surface area contributed by atoms with Gasteiger partial charge in [0.15, 0.2) is 5.78 Å². The zero-order chi connectivity index (χ0) is 34.6. The Kier molecular flexibility index (Phi) is 18.8. The summed E-state index contributed by atoms with van der Waals surface area (Å²) in [5.41, 5.74) is 0.0230. The number of aliphatic hydroxyl groups excluding tert-OH is 1. The van der Waals surface area contributed by atoms with Crippen molar-refractivity contribution in [2.24, 2.45) is 5.92 Å². The topological polar surface area (TPSA) is 208 Å². The van der Waals surface area contributed by atoms with E-state index in [2.05, 4.69) is 26.0 Å². The molecular weight excluding hydrogens is 618 g/mol. The van der Waals surface area contributed by atoms with Crippen molar-refractivity contribution in [2.75, 3.05) is 53.4 Å². The van der Waals surface area contributed by atoms with Crippen molar-refractivity contribution in [1.82, 2.24) is 21.3 Å². The van der Waals surface area contributed by atoms with Crippen LogP contribution >= 0.6 is 0 Å². The van der Waals surface area contributed by atoms with Gasteiger partial charge in [0.05, 0.1) is 53.2 Å². The minimum Gasteiger partial charge on any atom is -0.469 e. The third kappa shape index (κ3) is 14.8. The SMILES string of the molecule is COC(=O)CC(NC(=O)C(C)NC(=O)C(NC(=O)C(NC(=O)c1ccc(F)cc1)OCCOCCOCCO)C(C)C)C(=O)CF. The number of rotatable bonds is 22. The van der Waals surface area contributed by atoms with Gasteiger partial charge in [0.1, 0.15) is 30.6 Å². The first kappa shape index (κ1) is 40.0. The Labute approximate surface area is 265 Å². The van der Waals surface area contributed by atoms with Gasteiger partial charge in [0.2, 0.25) is 18.0 Å². The Morgan fingerprint density at radius 3 is 1.98 bits per heavy atom. The number of aliphatic hydroxyl groups is 1. The van der Waals surface area contributed by atoms with E-state index in [-0.39, 0.29) is 45.2 Å². The number of alkyl halides is 1. The average Bonchev–Trinajstić information content (AvgIpc) is 3.03. The summed E-state index contributed by atoms with van der Waals surface area (Å²) in [7, 11) is 1.06. The van der Waals surface area contributed by atoms with Gasteiger partial charge in [-0.3, -0.25) is 28.8 Å². The summed E-state index contributed by atoms with van der Waals surface area (Å²) in [6.45, 7) is 3.18. The molecule has 258 valence electrons. The molecule has 1 aromatic rings. The molecule has 0 saturated heterocycles. The molecular formula is C29H42F2N4O11. The largest absolute Gasteiger partial charge is 0.469 e. The minimum atomic E-state index is -1.63. The molecule has 0 aromatic heterocycles. The number of amides is 4. The Hall–Kier alpha value is -4.06. The second kappa shape index (κ2) is 21.6. The number of ketones is 1. The van der Waals surface area contributed by atoms with Crippen LogP contribution < -0.4 is 21.3 Å². The smallest absolute Gasteiger partial charge is 0.308 e. The van der Waals surface area contributed by atoms with Gasteiger partial charge in [0.25, 0.3) is 11.8 Å². The molecule has 0 bridgehead atoms. The quantitative estimate of drug-likeness (QED) is 0.0588. The van der Waals surface area contributed by atoms with Crippen LogP contribution in [0.2, 0.25) is 0 Å². The lowest BCUT2D eigenvalue weighted by Crippen LogP contribution is -2.59. The van der Waals surface area contributed by atoms with Crippen LogP contribution in [-0.2, 0) is 42.9 Å². The van der Waals surface area contributed by atoms with E-state index in [9.17, 15) is 37.5 Å². The summed E-state index contributed by atoms with van der Waals surface area (Å²) in [6, 6.07) is 0.436. The van der Waals surface area contributed by atoms with Crippen LogP contribution in [0.3, 0.4) is 0 Å². The van der Waals surface area contributed by atoms with E-state index in [1.807, 2.05) is 0 Å². The van der Waals surface area contributed by atoms with Crippen molar-refractivity contribution >= 4 is 35.4 Å². The molecule has 17 heteroatoms. The van der Waals surface area contributed by atoms with Gasteiger partial charge >= 0.3 is 5.97 Å². The summed E-state index contributed by atoms with van der Waals surface area (Å²) in [5.74, 6) is -6.50. The lowest BCUT2D eigenvalue weighted by atomic mass is 10.0. The molecule has 46 heavy (non-hydrogen) atoms. The number of Topliss-reactive ketones (excluding diaryl/α,β-unsaturated/α-hetero) is 1. The van der Waals surface area contributed by atoms with Crippen molar-refractivity contribution in [3.8, 4) is 0 Å². The lowest BCUT2D eigenvalue weighted by Gasteiger charge is -2.27. The predicted molar refractivity (Wildman–Crippen MR) is 156 cm³/mol. The minimum absolute atomic E-state index is 0.0126. The molecule has 0 spiro atoms. The number of halogens is 2. The summed E-state index contributed by atoms with van der Waals surface area (Å²) < 4.78 is 46.7. The normalized spacial score (nSPS) is 13.6. The van der Waals surface area contributed by atoms with Crippen LogP contribution in [0.1, 0.15) is 37.6 Å². The van der Waals surface area contributed by atoms with E-state index in [4.69, 9.17) is 19.3 Å². The molecule has 15 nitrogen and oxygen atoms in total. The fraction of sp³-hybridized carbons (Fsp3) is 0.586. The highest BCUT2D eigenvalue weighted by atomic mass is 19.1. The summed E-state index contributed by atoms with van der Waals surface area (Å²) in [5, 5.41) is 18.2. The van der Waals surface area contributed by atoms with Crippen molar-refractivity contribution in [3.63, 3.8) is 0 Å². The van der Waals surface area contributed by atoms with E-state index in [1.165, 1.54) is 19.1 Å². The maximum atomic E-state index is 13.3. The molecule has 1 aromatic carbocycles. The van der Waals surface area contributed by atoms with E-state index in [0.29, 0.717) is 0 Å². The Morgan fingerprint density at radius 1 is 0.804 bits per heavy atom. The van der Waals surface area contributed by atoms with Gasteiger partial charge in [0, 0.05) is 5.56 Å². The number of nitrogens with one attached hydrogen (secondary N) is 4. The van der Waals surface area contributed by atoms with E-state index in [0.717, 1.165) is 19.2 Å². The zero-order valence-electron chi connectivity index (χ0n) is 26.1. The fourth-order valence-corrected chi connectivity index (χ4v) is 3.62. The van der Waals surface area contributed by atoms with E-state index >= 15 is 0 Å². The number of hydrogen-bond acceptors (Lipinski definition) is 11. The van der Waals surface area contributed by atoms with Crippen molar-refractivity contribution in [1.29, 1.82) is 0 Å². The maximum absolute atomic E-state index is 13.3. The first-order valence-corrected chi connectivity index (χ1v) is 14.4. The molecule has 0 aliphatic carbocycles. The molecule has 1 rings (SSSR count). The third-order valence-corrected chi connectivity index (χ3v) is 6.16. The maximum Gasteiger partial charge on any atom is 0.308 e. The van der Waals surface area contributed by atoms with E-state index in [1.54, 1.807) is 13.8 Å². The number of carbonyl (C=O) groups excluding carboxylic acids is 6. The van der Waals surface area contributed by atoms with Gasteiger partial charge in [-0.2, -0.15) is 0 Å². The van der Waals surface area contributed by atoms with Gasteiger partial charge < -0.3 is 45.3 Å². The monoisotopic (exact) mass is 660 g/mol. The van der Waals surface area contributed by atoms with Crippen molar-refractivity contribution in [3.05, 3.63) is 35.6 Å². The lowest BCUT2D eigenvalue weighted by molar-refractivity contribution is -0.143. The molecule has 5 N–H and O–H groups in total. The van der Waals surface area contributed by atoms with Crippen LogP contribution in [0.5, 0.6) is 0 Å². The molecule has 4 atom stereocenters. The highest BCUT2D eigenvalue weighted by Crippen LogP contribution is 2.07. The van der Waals surface area contributed by atoms with Gasteiger partial charge in [-0.1, -0.05) is 13.8 Å². The van der Waals surface area contributed by atoms with Gasteiger partial charge in [-0.15, -0.1) is 0 Å². The van der Waals surface area contributed by atoms with Crippen LogP contribution in [0.4, 0.5) is 8.78 Å². The summed E-state index contributed by atoms with van der Waals surface area (Å²) in [4.78, 5) is 75.2. The number of benzene rings is 1. The van der Waals surface area contributed by atoms with Crippen molar-refractivity contribution < 1.29 is 61.6 Å². The standard InChI is InChI=1S/C29H42F2N4O11/c1-17(2)24(27(41)32-18(3)25(39)33-21(22(37)16-30)15-23(38)43-4)34-28(42)29(46-14-13-45-12-11-44-10-9-36)35-26(40)19-5-7-20(31)8-6-19/h5-8,17-18,21,24,29,36H,9-16H2,1-4H3,(H,32,41)(H,33,39)(H,34,42)(H,35,40). The average molecular weight is 661 g/mol. The molecule has 0 saturated carbocycles. The molecule has 0 radical (unpaired) electrons. The number of methoxy groups -OCH3 is 1. The summed E-state index contributed by atoms with van der Waals surface area (Å²) in [6.07, 6.45) is -2.25. The molecule has 4 amide bonds. The Morgan fingerprint density at radius 2 is 1.41 bits per heavy atom. The van der Waals surface area contributed by atoms with Crippen LogP contribution in [0.15, 0.2) is 24.3 Å². The molecule has 4 unspecified atom stereocenters. The zero-order valence-corrected chi connectivity index (χ0v) is 26.1. The second-order valence-electron chi connectivity index (χ2n) is 10.1. The van der Waals surface area contributed by atoms with Crippen LogP contribution in [0, 0.1) is 11.7 Å². The first-order chi connectivity index (χ1) is 21.8. The highest BCUT2D eigenvalue weighted by Gasteiger charge is 2.32.